The van der Waals surface area contributed by atoms with Crippen LogP contribution in [0.1, 0.15) is 21.7 Å². The summed E-state index contributed by atoms with van der Waals surface area (Å²) in [4.78, 5) is 22.3. The number of carbonyl (C=O) groups is 1. The van der Waals surface area contributed by atoms with Gasteiger partial charge in [-0.1, -0.05) is 29.8 Å². The molecule has 0 aliphatic heterocycles. The molecule has 1 amide bonds. The molecular formula is C19H15N3O4. The third-order valence-corrected chi connectivity index (χ3v) is 3.64. The fraction of sp³-hybridized carbons (Fsp3) is 0.0526. The summed E-state index contributed by atoms with van der Waals surface area (Å²) in [5.74, 6) is 0.558. The van der Waals surface area contributed by atoms with Crippen molar-refractivity contribution in [2.75, 3.05) is 0 Å². The molecule has 0 bridgehead atoms. The molecule has 0 unspecified atom stereocenters. The lowest BCUT2D eigenvalue weighted by Gasteiger charge is -1.99. The van der Waals surface area contributed by atoms with Crippen molar-refractivity contribution in [2.45, 2.75) is 6.92 Å². The number of nitrogens with one attached hydrogen (secondary N) is 1. The van der Waals surface area contributed by atoms with Crippen molar-refractivity contribution < 1.29 is 14.1 Å². The lowest BCUT2D eigenvalue weighted by molar-refractivity contribution is -0.384. The third kappa shape index (κ3) is 4.02. The third-order valence-electron chi connectivity index (χ3n) is 3.64. The summed E-state index contributed by atoms with van der Waals surface area (Å²) in [5, 5.41) is 14.7. The van der Waals surface area contributed by atoms with Gasteiger partial charge in [-0.25, -0.2) is 5.43 Å². The Morgan fingerprint density at radius 3 is 2.65 bits per heavy atom. The van der Waals surface area contributed by atoms with E-state index in [4.69, 9.17) is 4.42 Å². The molecule has 3 aromatic rings. The van der Waals surface area contributed by atoms with Gasteiger partial charge in [0.25, 0.3) is 11.6 Å². The Morgan fingerprint density at radius 2 is 1.92 bits per heavy atom. The zero-order valence-corrected chi connectivity index (χ0v) is 13.9. The number of nitro groups is 1. The first-order valence-electron chi connectivity index (χ1n) is 7.78. The zero-order valence-electron chi connectivity index (χ0n) is 13.9. The van der Waals surface area contributed by atoms with Crippen molar-refractivity contribution >= 4 is 17.8 Å². The minimum absolute atomic E-state index is 0.0144. The van der Waals surface area contributed by atoms with E-state index in [1.165, 1.54) is 18.3 Å². The van der Waals surface area contributed by atoms with Gasteiger partial charge >= 0.3 is 0 Å². The Morgan fingerprint density at radius 1 is 1.15 bits per heavy atom. The first-order valence-corrected chi connectivity index (χ1v) is 7.78. The number of furan rings is 1. The van der Waals surface area contributed by atoms with Crippen LogP contribution in [0.4, 0.5) is 5.69 Å². The van der Waals surface area contributed by atoms with E-state index >= 15 is 0 Å². The number of benzene rings is 2. The molecule has 1 aromatic heterocycles. The number of hydrogen-bond donors (Lipinski definition) is 1. The van der Waals surface area contributed by atoms with E-state index in [1.54, 1.807) is 36.4 Å². The van der Waals surface area contributed by atoms with Gasteiger partial charge in [-0.15, -0.1) is 0 Å². The predicted molar refractivity (Wildman–Crippen MR) is 97.0 cm³/mol. The summed E-state index contributed by atoms with van der Waals surface area (Å²) in [5.41, 5.74) is 4.56. The number of carbonyl (C=O) groups excluding carboxylic acids is 1. The second-order valence-corrected chi connectivity index (χ2v) is 5.57. The minimum Gasteiger partial charge on any atom is -0.455 e. The van der Waals surface area contributed by atoms with Gasteiger partial charge in [-0.05, 0) is 31.2 Å². The quantitative estimate of drug-likeness (QED) is 0.429. The molecule has 130 valence electrons. The number of hydrogen-bond acceptors (Lipinski definition) is 5. The Labute approximate surface area is 149 Å². The molecule has 1 N–H and O–H groups in total. The highest BCUT2D eigenvalue weighted by atomic mass is 16.6. The van der Waals surface area contributed by atoms with Crippen LogP contribution in [0.3, 0.4) is 0 Å². The highest BCUT2D eigenvalue weighted by molar-refractivity contribution is 5.94. The molecule has 0 fully saturated rings. The average Bonchev–Trinajstić information content (AvgIpc) is 3.11. The standard InChI is InChI=1S/C19H15N3O4/c1-13-5-7-14(8-6-13)19(23)21-20-12-17-9-10-18(26-17)15-3-2-4-16(11-15)22(24)25/h2-12H,1H3,(H,21,23)/b20-12+. The maximum atomic E-state index is 12.0. The summed E-state index contributed by atoms with van der Waals surface area (Å²) < 4.78 is 5.58. The fourth-order valence-corrected chi connectivity index (χ4v) is 2.27. The average molecular weight is 349 g/mol. The maximum Gasteiger partial charge on any atom is 0.271 e. The monoisotopic (exact) mass is 349 g/mol. The molecule has 26 heavy (non-hydrogen) atoms. The highest BCUT2D eigenvalue weighted by Gasteiger charge is 2.10. The number of hydrazone groups is 1. The van der Waals surface area contributed by atoms with Gasteiger partial charge in [0.15, 0.2) is 0 Å². The Hall–Kier alpha value is -3.74. The fourth-order valence-electron chi connectivity index (χ4n) is 2.27. The van der Waals surface area contributed by atoms with Crippen LogP contribution in [0.2, 0.25) is 0 Å². The first kappa shape index (κ1) is 17.1. The second kappa shape index (κ2) is 7.43. The van der Waals surface area contributed by atoms with Crippen molar-refractivity contribution in [1.82, 2.24) is 5.43 Å². The van der Waals surface area contributed by atoms with Crippen LogP contribution in [0.5, 0.6) is 0 Å². The van der Waals surface area contributed by atoms with Gasteiger partial charge in [-0.2, -0.15) is 5.10 Å². The van der Waals surface area contributed by atoms with Crippen molar-refractivity contribution in [2.24, 2.45) is 5.10 Å². The molecular weight excluding hydrogens is 334 g/mol. The summed E-state index contributed by atoms with van der Waals surface area (Å²) in [6.07, 6.45) is 1.37. The molecule has 0 saturated heterocycles. The van der Waals surface area contributed by atoms with Gasteiger partial charge < -0.3 is 4.42 Å². The van der Waals surface area contributed by atoms with Gasteiger partial charge in [0.1, 0.15) is 11.5 Å². The van der Waals surface area contributed by atoms with Crippen LogP contribution in [-0.4, -0.2) is 17.0 Å². The van der Waals surface area contributed by atoms with Crippen LogP contribution in [0, 0.1) is 17.0 Å². The van der Waals surface area contributed by atoms with Crippen LogP contribution in [0.15, 0.2) is 70.2 Å². The topological polar surface area (TPSA) is 97.7 Å². The molecule has 3 rings (SSSR count). The predicted octanol–water partition coefficient (Wildman–Crippen LogP) is 3.93. The number of nitrogens with zero attached hydrogens (tertiary/aromatic N) is 2. The van der Waals surface area contributed by atoms with Gasteiger partial charge in [0.2, 0.25) is 0 Å². The Bertz CT molecular complexity index is 974. The smallest absolute Gasteiger partial charge is 0.271 e. The Kier molecular flexibility index (Phi) is 4.89. The van der Waals surface area contributed by atoms with Crippen LogP contribution in [0.25, 0.3) is 11.3 Å². The van der Waals surface area contributed by atoms with Crippen molar-refractivity contribution in [3.05, 3.63) is 87.7 Å². The van der Waals surface area contributed by atoms with E-state index in [9.17, 15) is 14.9 Å². The number of nitro benzene ring substituents is 1. The van der Waals surface area contributed by atoms with Crippen LogP contribution in [-0.2, 0) is 0 Å². The van der Waals surface area contributed by atoms with E-state index < -0.39 is 4.92 Å². The molecule has 0 spiro atoms. The summed E-state index contributed by atoms with van der Waals surface area (Å²) >= 11 is 0. The highest BCUT2D eigenvalue weighted by Crippen LogP contribution is 2.25. The van der Waals surface area contributed by atoms with Gasteiger partial charge in [0, 0.05) is 23.3 Å². The molecule has 7 heteroatoms. The van der Waals surface area contributed by atoms with Gasteiger partial charge in [0.05, 0.1) is 11.1 Å². The molecule has 0 atom stereocenters. The molecule has 7 nitrogen and oxygen atoms in total. The van der Waals surface area contributed by atoms with Crippen LogP contribution >= 0.6 is 0 Å². The molecule has 2 aromatic carbocycles. The first-order chi connectivity index (χ1) is 12.5. The number of non-ortho nitro benzene ring substituents is 1. The van der Waals surface area contributed by atoms with Crippen molar-refractivity contribution in [1.29, 1.82) is 0 Å². The van der Waals surface area contributed by atoms with E-state index in [1.807, 2.05) is 19.1 Å². The lowest BCUT2D eigenvalue weighted by atomic mass is 10.1. The van der Waals surface area contributed by atoms with Gasteiger partial charge in [-0.3, -0.25) is 14.9 Å². The molecule has 0 saturated carbocycles. The van der Waals surface area contributed by atoms with E-state index in [0.29, 0.717) is 22.6 Å². The summed E-state index contributed by atoms with van der Waals surface area (Å²) in [6.45, 7) is 1.94. The molecule has 0 aliphatic rings. The minimum atomic E-state index is -0.463. The number of amides is 1. The van der Waals surface area contributed by atoms with Crippen molar-refractivity contribution in [3.63, 3.8) is 0 Å². The molecule has 1 heterocycles. The molecule has 0 radical (unpaired) electrons. The molecule has 0 aliphatic carbocycles. The van der Waals surface area contributed by atoms with Crippen molar-refractivity contribution in [3.8, 4) is 11.3 Å². The summed E-state index contributed by atoms with van der Waals surface area (Å²) in [6, 6.07) is 16.6. The largest absolute Gasteiger partial charge is 0.455 e. The lowest BCUT2D eigenvalue weighted by Crippen LogP contribution is -2.17. The second-order valence-electron chi connectivity index (χ2n) is 5.57. The van der Waals surface area contributed by atoms with E-state index in [0.717, 1.165) is 5.56 Å². The maximum absolute atomic E-state index is 12.0. The SMILES string of the molecule is Cc1ccc(C(=O)N/N=C/c2ccc(-c3cccc([N+](=O)[O-])c3)o2)cc1. The van der Waals surface area contributed by atoms with Crippen LogP contribution < -0.4 is 5.43 Å². The summed E-state index contributed by atoms with van der Waals surface area (Å²) in [7, 11) is 0. The van der Waals surface area contributed by atoms with E-state index in [2.05, 4.69) is 10.5 Å². The number of rotatable bonds is 5. The Balaban J connectivity index is 1.67. The zero-order chi connectivity index (χ0) is 18.5. The number of aryl methyl sites for hydroxylation is 1. The normalized spacial score (nSPS) is 10.8. The van der Waals surface area contributed by atoms with E-state index in [-0.39, 0.29) is 11.6 Å².